The van der Waals surface area contributed by atoms with E-state index in [2.05, 4.69) is 10.3 Å². The highest BCUT2D eigenvalue weighted by Crippen LogP contribution is 2.15. The molecule has 1 heterocycles. The van der Waals surface area contributed by atoms with E-state index in [9.17, 15) is 4.79 Å². The molecule has 0 fully saturated rings. The van der Waals surface area contributed by atoms with Gasteiger partial charge in [-0.25, -0.2) is 0 Å². The van der Waals surface area contributed by atoms with E-state index in [0.29, 0.717) is 22.0 Å². The van der Waals surface area contributed by atoms with Crippen molar-refractivity contribution in [2.75, 3.05) is 11.9 Å². The van der Waals surface area contributed by atoms with Gasteiger partial charge in [0.2, 0.25) is 5.91 Å². The molecule has 0 atom stereocenters. The van der Waals surface area contributed by atoms with Crippen LogP contribution in [0.2, 0.25) is 5.02 Å². The second kappa shape index (κ2) is 7.27. The van der Waals surface area contributed by atoms with E-state index in [4.69, 9.17) is 21.6 Å². The fourth-order valence-corrected chi connectivity index (χ4v) is 1.79. The zero-order chi connectivity index (χ0) is 15.1. The maximum absolute atomic E-state index is 11.8. The van der Waals surface area contributed by atoms with Crippen LogP contribution >= 0.6 is 11.6 Å². The van der Waals surface area contributed by atoms with Crippen molar-refractivity contribution in [2.45, 2.75) is 6.42 Å². The SMILES string of the molecule is N#Cc1cccc(NC(=O)CCOc2cncc(Cl)c2)c1. The maximum Gasteiger partial charge on any atom is 0.227 e. The molecule has 2 aromatic rings. The van der Waals surface area contributed by atoms with Crippen molar-refractivity contribution in [2.24, 2.45) is 0 Å². The van der Waals surface area contributed by atoms with Gasteiger partial charge in [-0.05, 0) is 18.2 Å². The summed E-state index contributed by atoms with van der Waals surface area (Å²) in [6.07, 6.45) is 3.22. The standard InChI is InChI=1S/C15H12ClN3O2/c16-12-7-14(10-18-9-12)21-5-4-15(20)19-13-3-1-2-11(6-13)8-17/h1-3,6-7,9-10H,4-5H2,(H,19,20). The highest BCUT2D eigenvalue weighted by Gasteiger charge is 2.04. The third-order valence-corrected chi connectivity index (χ3v) is 2.76. The summed E-state index contributed by atoms with van der Waals surface area (Å²) < 4.78 is 5.38. The molecule has 0 aliphatic carbocycles. The van der Waals surface area contributed by atoms with Crippen molar-refractivity contribution < 1.29 is 9.53 Å². The first-order valence-electron chi connectivity index (χ1n) is 6.21. The van der Waals surface area contributed by atoms with Crippen LogP contribution in [0.25, 0.3) is 0 Å². The van der Waals surface area contributed by atoms with Gasteiger partial charge in [-0.1, -0.05) is 17.7 Å². The molecule has 0 spiro atoms. The molecule has 21 heavy (non-hydrogen) atoms. The van der Waals surface area contributed by atoms with E-state index < -0.39 is 0 Å². The van der Waals surface area contributed by atoms with Crippen LogP contribution in [0.15, 0.2) is 42.7 Å². The minimum absolute atomic E-state index is 0.184. The van der Waals surface area contributed by atoms with Crippen molar-refractivity contribution in [1.29, 1.82) is 5.26 Å². The Bertz CT molecular complexity index is 683. The van der Waals surface area contributed by atoms with Crippen LogP contribution in [0.4, 0.5) is 5.69 Å². The lowest BCUT2D eigenvalue weighted by molar-refractivity contribution is -0.116. The highest BCUT2D eigenvalue weighted by molar-refractivity contribution is 6.30. The molecule has 0 aliphatic heterocycles. The summed E-state index contributed by atoms with van der Waals surface area (Å²) >= 11 is 5.77. The van der Waals surface area contributed by atoms with E-state index in [1.807, 2.05) is 6.07 Å². The minimum Gasteiger partial charge on any atom is -0.491 e. The molecule has 106 valence electrons. The number of anilines is 1. The zero-order valence-corrected chi connectivity index (χ0v) is 11.8. The summed E-state index contributed by atoms with van der Waals surface area (Å²) in [6, 6.07) is 10.4. The van der Waals surface area contributed by atoms with Crippen molar-refractivity contribution in [3.63, 3.8) is 0 Å². The number of hydrogen-bond donors (Lipinski definition) is 1. The number of pyridine rings is 1. The minimum atomic E-state index is -0.194. The van der Waals surface area contributed by atoms with Gasteiger partial charge in [-0.15, -0.1) is 0 Å². The number of aromatic nitrogens is 1. The van der Waals surface area contributed by atoms with Crippen molar-refractivity contribution in [3.8, 4) is 11.8 Å². The average molecular weight is 302 g/mol. The Hall–Kier alpha value is -2.58. The van der Waals surface area contributed by atoms with E-state index >= 15 is 0 Å². The summed E-state index contributed by atoms with van der Waals surface area (Å²) in [5.41, 5.74) is 1.08. The quantitative estimate of drug-likeness (QED) is 0.921. The molecule has 1 aromatic carbocycles. The highest BCUT2D eigenvalue weighted by atomic mass is 35.5. The monoisotopic (exact) mass is 301 g/mol. The topological polar surface area (TPSA) is 75.0 Å². The summed E-state index contributed by atoms with van der Waals surface area (Å²) in [4.78, 5) is 15.6. The molecule has 1 N–H and O–H groups in total. The number of nitrogens with zero attached hydrogens (tertiary/aromatic N) is 2. The van der Waals surface area contributed by atoms with Gasteiger partial charge in [0.25, 0.3) is 0 Å². The molecule has 1 aromatic heterocycles. The van der Waals surface area contributed by atoms with Crippen LogP contribution in [0, 0.1) is 11.3 Å². The lowest BCUT2D eigenvalue weighted by atomic mass is 10.2. The number of rotatable bonds is 5. The molecule has 0 unspecified atom stereocenters. The third kappa shape index (κ3) is 4.79. The predicted octanol–water partition coefficient (Wildman–Crippen LogP) is 3.01. The van der Waals surface area contributed by atoms with E-state index in [1.54, 1.807) is 30.3 Å². The van der Waals surface area contributed by atoms with Crippen molar-refractivity contribution in [3.05, 3.63) is 53.3 Å². The summed E-state index contributed by atoms with van der Waals surface area (Å²) in [5, 5.41) is 12.0. The first-order valence-corrected chi connectivity index (χ1v) is 6.58. The number of carbonyl (C=O) groups is 1. The molecule has 0 saturated heterocycles. The fraction of sp³-hybridized carbons (Fsp3) is 0.133. The fourth-order valence-electron chi connectivity index (χ4n) is 1.62. The van der Waals surface area contributed by atoms with Crippen LogP contribution < -0.4 is 10.1 Å². The Morgan fingerprint density at radius 1 is 1.38 bits per heavy atom. The van der Waals surface area contributed by atoms with Crippen LogP contribution in [0.3, 0.4) is 0 Å². The second-order valence-corrected chi connectivity index (χ2v) is 4.61. The lowest BCUT2D eigenvalue weighted by Gasteiger charge is -2.07. The second-order valence-electron chi connectivity index (χ2n) is 4.18. The number of hydrogen-bond acceptors (Lipinski definition) is 4. The molecule has 0 bridgehead atoms. The van der Waals surface area contributed by atoms with E-state index in [-0.39, 0.29) is 18.9 Å². The molecular formula is C15H12ClN3O2. The van der Waals surface area contributed by atoms with Gasteiger partial charge >= 0.3 is 0 Å². The Labute approximate surface area is 127 Å². The number of nitriles is 1. The first-order chi connectivity index (χ1) is 10.2. The summed E-state index contributed by atoms with van der Waals surface area (Å²) in [7, 11) is 0. The molecule has 0 radical (unpaired) electrons. The smallest absolute Gasteiger partial charge is 0.227 e. The van der Waals surface area contributed by atoms with Crippen LogP contribution in [-0.2, 0) is 4.79 Å². The number of halogens is 1. The molecule has 6 heteroatoms. The van der Waals surface area contributed by atoms with Gasteiger partial charge < -0.3 is 10.1 Å². The predicted molar refractivity (Wildman–Crippen MR) is 79.1 cm³/mol. The van der Waals surface area contributed by atoms with E-state index in [1.165, 1.54) is 12.4 Å². The molecule has 0 saturated carbocycles. The maximum atomic E-state index is 11.8. The zero-order valence-electron chi connectivity index (χ0n) is 11.0. The van der Waals surface area contributed by atoms with E-state index in [0.717, 1.165) is 0 Å². The van der Waals surface area contributed by atoms with Gasteiger partial charge in [0.05, 0.1) is 35.9 Å². The number of carbonyl (C=O) groups excluding carboxylic acids is 1. The summed E-state index contributed by atoms with van der Waals surface area (Å²) in [6.45, 7) is 0.214. The molecular weight excluding hydrogens is 290 g/mol. The van der Waals surface area contributed by atoms with Gasteiger partial charge in [-0.2, -0.15) is 5.26 Å². The Morgan fingerprint density at radius 2 is 2.24 bits per heavy atom. The molecule has 0 aliphatic rings. The Morgan fingerprint density at radius 3 is 3.00 bits per heavy atom. The van der Waals surface area contributed by atoms with Crippen molar-refractivity contribution in [1.82, 2.24) is 4.98 Å². The number of nitrogens with one attached hydrogen (secondary N) is 1. The van der Waals surface area contributed by atoms with Gasteiger partial charge in [-0.3, -0.25) is 9.78 Å². The lowest BCUT2D eigenvalue weighted by Crippen LogP contribution is -2.15. The van der Waals surface area contributed by atoms with Gasteiger partial charge in [0.15, 0.2) is 0 Å². The Kier molecular flexibility index (Phi) is 5.13. The largest absolute Gasteiger partial charge is 0.491 e. The van der Waals surface area contributed by atoms with Gasteiger partial charge in [0.1, 0.15) is 5.75 Å². The molecule has 1 amide bonds. The third-order valence-electron chi connectivity index (χ3n) is 2.55. The average Bonchev–Trinajstić information content (AvgIpc) is 2.47. The first kappa shape index (κ1) is 14.8. The number of ether oxygens (including phenoxy) is 1. The normalized spacial score (nSPS) is 9.71. The number of benzene rings is 1. The van der Waals surface area contributed by atoms with Crippen molar-refractivity contribution >= 4 is 23.2 Å². The van der Waals surface area contributed by atoms with Gasteiger partial charge in [0, 0.05) is 18.0 Å². The van der Waals surface area contributed by atoms with Crippen LogP contribution in [0.1, 0.15) is 12.0 Å². The molecule has 2 rings (SSSR count). The van der Waals surface area contributed by atoms with Crippen LogP contribution in [0.5, 0.6) is 5.75 Å². The molecule has 5 nitrogen and oxygen atoms in total. The number of amides is 1. The summed E-state index contributed by atoms with van der Waals surface area (Å²) in [5.74, 6) is 0.321. The Balaban J connectivity index is 1.81. The van der Waals surface area contributed by atoms with Crippen LogP contribution in [-0.4, -0.2) is 17.5 Å².